The van der Waals surface area contributed by atoms with Crippen molar-refractivity contribution in [2.75, 3.05) is 6.54 Å². The summed E-state index contributed by atoms with van der Waals surface area (Å²) in [5.41, 5.74) is 0.763. The number of ether oxygens (including phenoxy) is 1. The molecule has 5 heteroatoms. The Morgan fingerprint density at radius 3 is 2.67 bits per heavy atom. The van der Waals surface area contributed by atoms with Gasteiger partial charge in [-0.25, -0.2) is 8.78 Å². The maximum Gasteiger partial charge on any atom is 0.254 e. The van der Waals surface area contributed by atoms with Crippen LogP contribution in [0, 0.1) is 11.6 Å². The summed E-state index contributed by atoms with van der Waals surface area (Å²) in [5, 5.41) is 2.61. The summed E-state index contributed by atoms with van der Waals surface area (Å²) in [7, 11) is 0. The molecule has 1 N–H and O–H groups in total. The van der Waals surface area contributed by atoms with Gasteiger partial charge in [0.15, 0.2) is 11.6 Å². The molecule has 0 aromatic heterocycles. The van der Waals surface area contributed by atoms with E-state index < -0.39 is 17.5 Å². The Balaban J connectivity index is 1.62. The maximum absolute atomic E-state index is 13.5. The highest BCUT2D eigenvalue weighted by atomic mass is 19.1. The largest absolute Gasteiger partial charge is 0.485 e. The first-order chi connectivity index (χ1) is 10.1. The van der Waals surface area contributed by atoms with Crippen LogP contribution in [0.3, 0.4) is 0 Å². The molecule has 1 amide bonds. The van der Waals surface area contributed by atoms with Crippen molar-refractivity contribution in [1.29, 1.82) is 0 Å². The Morgan fingerprint density at radius 1 is 1.14 bits per heavy atom. The highest BCUT2D eigenvalue weighted by Gasteiger charge is 2.26. The standard InChI is InChI=1S/C16H13F2NO2/c17-13-6-2-1-5-12(13)16(20)19-9-11-8-10-4-3-7-14(18)15(10)21-11/h1-7,11H,8-9H2,(H,19,20)/t11-/m0/s1. The molecule has 0 aliphatic carbocycles. The lowest BCUT2D eigenvalue weighted by atomic mass is 10.1. The fraction of sp³-hybridized carbons (Fsp3) is 0.188. The molecule has 1 atom stereocenters. The number of amides is 1. The molecule has 3 nitrogen and oxygen atoms in total. The van der Waals surface area contributed by atoms with E-state index in [0.717, 1.165) is 5.56 Å². The molecule has 108 valence electrons. The number of rotatable bonds is 3. The lowest BCUT2D eigenvalue weighted by molar-refractivity contribution is 0.0929. The molecule has 0 bridgehead atoms. The van der Waals surface area contributed by atoms with E-state index in [0.29, 0.717) is 6.42 Å². The molecular formula is C16H13F2NO2. The number of fused-ring (bicyclic) bond motifs is 1. The normalized spacial score (nSPS) is 16.2. The van der Waals surface area contributed by atoms with Crippen LogP contribution < -0.4 is 10.1 Å². The van der Waals surface area contributed by atoms with Gasteiger partial charge < -0.3 is 10.1 Å². The molecule has 1 aliphatic rings. The summed E-state index contributed by atoms with van der Waals surface area (Å²) in [6, 6.07) is 10.5. The van der Waals surface area contributed by atoms with Crippen molar-refractivity contribution in [1.82, 2.24) is 5.32 Å². The minimum atomic E-state index is -0.573. The summed E-state index contributed by atoms with van der Waals surface area (Å²) in [5.74, 6) is -1.25. The van der Waals surface area contributed by atoms with E-state index in [1.54, 1.807) is 18.2 Å². The highest BCUT2D eigenvalue weighted by Crippen LogP contribution is 2.31. The van der Waals surface area contributed by atoms with E-state index in [1.807, 2.05) is 0 Å². The Hall–Kier alpha value is -2.43. The third-order valence-electron chi connectivity index (χ3n) is 3.39. The molecule has 0 saturated heterocycles. The zero-order valence-corrected chi connectivity index (χ0v) is 11.1. The molecule has 1 heterocycles. The number of para-hydroxylation sites is 1. The van der Waals surface area contributed by atoms with Crippen LogP contribution in [-0.4, -0.2) is 18.6 Å². The average Bonchev–Trinajstić information content (AvgIpc) is 2.90. The van der Waals surface area contributed by atoms with Gasteiger partial charge in [-0.3, -0.25) is 4.79 Å². The quantitative estimate of drug-likeness (QED) is 0.943. The van der Waals surface area contributed by atoms with Crippen LogP contribution in [0.5, 0.6) is 5.75 Å². The molecule has 0 saturated carbocycles. The summed E-state index contributed by atoms with van der Waals surface area (Å²) in [4.78, 5) is 11.9. The van der Waals surface area contributed by atoms with Crippen molar-refractivity contribution in [3.63, 3.8) is 0 Å². The Morgan fingerprint density at radius 2 is 1.90 bits per heavy atom. The van der Waals surface area contributed by atoms with Gasteiger partial charge in [-0.05, 0) is 18.2 Å². The average molecular weight is 289 g/mol. The summed E-state index contributed by atoms with van der Waals surface area (Å²) >= 11 is 0. The number of nitrogens with one attached hydrogen (secondary N) is 1. The van der Waals surface area contributed by atoms with E-state index in [-0.39, 0.29) is 24.0 Å². The number of halogens is 2. The number of carbonyl (C=O) groups is 1. The van der Waals surface area contributed by atoms with Crippen LogP contribution in [0.15, 0.2) is 42.5 Å². The second kappa shape index (κ2) is 5.52. The lowest BCUT2D eigenvalue weighted by Gasteiger charge is -2.12. The predicted molar refractivity (Wildman–Crippen MR) is 73.3 cm³/mol. The first kappa shape index (κ1) is 13.5. The zero-order chi connectivity index (χ0) is 14.8. The summed E-state index contributed by atoms with van der Waals surface area (Å²) < 4.78 is 32.5. The van der Waals surface area contributed by atoms with Crippen LogP contribution in [0.25, 0.3) is 0 Å². The number of hydrogen-bond donors (Lipinski definition) is 1. The predicted octanol–water partition coefficient (Wildman–Crippen LogP) is 2.70. The van der Waals surface area contributed by atoms with Crippen LogP contribution in [0.4, 0.5) is 8.78 Å². The number of hydrogen-bond acceptors (Lipinski definition) is 2. The molecule has 3 rings (SSSR count). The van der Waals surface area contributed by atoms with Gasteiger partial charge in [0, 0.05) is 12.0 Å². The first-order valence-electron chi connectivity index (χ1n) is 6.62. The molecule has 0 radical (unpaired) electrons. The summed E-state index contributed by atoms with van der Waals surface area (Å²) in [6.45, 7) is 0.196. The highest BCUT2D eigenvalue weighted by molar-refractivity contribution is 5.94. The fourth-order valence-corrected chi connectivity index (χ4v) is 2.36. The number of benzene rings is 2. The minimum absolute atomic E-state index is 0.0146. The van der Waals surface area contributed by atoms with E-state index in [2.05, 4.69) is 5.32 Å². The van der Waals surface area contributed by atoms with Gasteiger partial charge in [0.2, 0.25) is 0 Å². The van der Waals surface area contributed by atoms with Crippen molar-refractivity contribution in [3.8, 4) is 5.75 Å². The van der Waals surface area contributed by atoms with Crippen molar-refractivity contribution in [3.05, 3.63) is 65.2 Å². The minimum Gasteiger partial charge on any atom is -0.485 e. The van der Waals surface area contributed by atoms with Gasteiger partial charge in [-0.2, -0.15) is 0 Å². The van der Waals surface area contributed by atoms with E-state index in [9.17, 15) is 13.6 Å². The molecule has 2 aromatic rings. The van der Waals surface area contributed by atoms with Crippen molar-refractivity contribution in [2.45, 2.75) is 12.5 Å². The molecule has 21 heavy (non-hydrogen) atoms. The van der Waals surface area contributed by atoms with Crippen LogP contribution in [-0.2, 0) is 6.42 Å². The zero-order valence-electron chi connectivity index (χ0n) is 11.1. The Labute approximate surface area is 120 Å². The van der Waals surface area contributed by atoms with Gasteiger partial charge >= 0.3 is 0 Å². The van der Waals surface area contributed by atoms with Crippen LogP contribution >= 0.6 is 0 Å². The summed E-state index contributed by atoms with van der Waals surface area (Å²) in [6.07, 6.45) is 0.178. The van der Waals surface area contributed by atoms with Gasteiger partial charge in [0.25, 0.3) is 5.91 Å². The van der Waals surface area contributed by atoms with E-state index in [1.165, 1.54) is 24.3 Å². The fourth-order valence-electron chi connectivity index (χ4n) is 2.36. The molecule has 0 spiro atoms. The monoisotopic (exact) mass is 289 g/mol. The maximum atomic E-state index is 13.5. The second-order valence-electron chi connectivity index (χ2n) is 4.86. The van der Waals surface area contributed by atoms with Crippen LogP contribution in [0.2, 0.25) is 0 Å². The van der Waals surface area contributed by atoms with E-state index in [4.69, 9.17) is 4.74 Å². The van der Waals surface area contributed by atoms with Crippen molar-refractivity contribution >= 4 is 5.91 Å². The molecular weight excluding hydrogens is 276 g/mol. The van der Waals surface area contributed by atoms with Gasteiger partial charge in [-0.1, -0.05) is 24.3 Å². The topological polar surface area (TPSA) is 38.3 Å². The smallest absolute Gasteiger partial charge is 0.254 e. The van der Waals surface area contributed by atoms with Gasteiger partial charge in [0.1, 0.15) is 11.9 Å². The third-order valence-corrected chi connectivity index (χ3v) is 3.39. The molecule has 0 fully saturated rings. The number of carbonyl (C=O) groups excluding carboxylic acids is 1. The molecule has 1 aliphatic heterocycles. The first-order valence-corrected chi connectivity index (χ1v) is 6.62. The van der Waals surface area contributed by atoms with Crippen LogP contribution in [0.1, 0.15) is 15.9 Å². The SMILES string of the molecule is O=C(NC[C@@H]1Cc2cccc(F)c2O1)c1ccccc1F. The van der Waals surface area contributed by atoms with Crippen molar-refractivity contribution in [2.24, 2.45) is 0 Å². The van der Waals surface area contributed by atoms with Crippen molar-refractivity contribution < 1.29 is 18.3 Å². The Bertz CT molecular complexity index is 688. The Kier molecular flexibility index (Phi) is 3.56. The van der Waals surface area contributed by atoms with E-state index >= 15 is 0 Å². The van der Waals surface area contributed by atoms with Gasteiger partial charge in [-0.15, -0.1) is 0 Å². The molecule has 0 unspecified atom stereocenters. The lowest BCUT2D eigenvalue weighted by Crippen LogP contribution is -2.34. The van der Waals surface area contributed by atoms with Gasteiger partial charge in [0.05, 0.1) is 12.1 Å². The molecule has 2 aromatic carbocycles. The third kappa shape index (κ3) is 2.72. The second-order valence-corrected chi connectivity index (χ2v) is 4.86.